The van der Waals surface area contributed by atoms with Gasteiger partial charge in [-0.2, -0.15) is 0 Å². The summed E-state index contributed by atoms with van der Waals surface area (Å²) in [6.45, 7) is 8.69. The van der Waals surface area contributed by atoms with Crippen LogP contribution in [0.15, 0.2) is 12.7 Å². The minimum absolute atomic E-state index is 0.0292. The molecule has 1 atom stereocenters. The maximum absolute atomic E-state index is 12.2. The molecule has 22 heavy (non-hydrogen) atoms. The summed E-state index contributed by atoms with van der Waals surface area (Å²) >= 11 is 0. The number of carbonyl (C=O) groups is 2. The van der Waals surface area contributed by atoms with Crippen LogP contribution < -0.4 is 5.73 Å². The van der Waals surface area contributed by atoms with Gasteiger partial charge in [0.05, 0.1) is 0 Å². The van der Waals surface area contributed by atoms with Crippen LogP contribution in [0.3, 0.4) is 0 Å². The molecule has 0 bridgehead atoms. The third-order valence-corrected chi connectivity index (χ3v) is 5.11. The third kappa shape index (κ3) is 3.87. The fraction of sp³-hybridized carbons (Fsp3) is 0.750. The van der Waals surface area contributed by atoms with Crippen LogP contribution in [0, 0.1) is 0 Å². The van der Waals surface area contributed by atoms with Crippen molar-refractivity contribution < 1.29 is 9.59 Å². The SMILES string of the molecule is C=CCN1CC[C@]2(CCC1=O)CN(CCC(N)=O)CCN2C. The molecule has 2 N–H and O–H groups in total. The number of nitrogens with two attached hydrogens (primary N) is 1. The summed E-state index contributed by atoms with van der Waals surface area (Å²) in [6, 6.07) is 0. The quantitative estimate of drug-likeness (QED) is 0.729. The zero-order valence-corrected chi connectivity index (χ0v) is 13.6. The lowest BCUT2D eigenvalue weighted by Crippen LogP contribution is -2.61. The van der Waals surface area contributed by atoms with Crippen molar-refractivity contribution in [3.8, 4) is 0 Å². The highest BCUT2D eigenvalue weighted by Crippen LogP contribution is 2.32. The van der Waals surface area contributed by atoms with Crippen LogP contribution in [0.4, 0.5) is 0 Å². The van der Waals surface area contributed by atoms with Crippen molar-refractivity contribution in [1.82, 2.24) is 14.7 Å². The molecule has 2 aliphatic heterocycles. The van der Waals surface area contributed by atoms with Gasteiger partial charge in [0.2, 0.25) is 11.8 Å². The van der Waals surface area contributed by atoms with Crippen molar-refractivity contribution in [2.24, 2.45) is 5.73 Å². The molecule has 0 aliphatic carbocycles. The van der Waals surface area contributed by atoms with E-state index in [4.69, 9.17) is 5.73 Å². The number of piperazine rings is 1. The Morgan fingerprint density at radius 3 is 2.82 bits per heavy atom. The van der Waals surface area contributed by atoms with Gasteiger partial charge >= 0.3 is 0 Å². The lowest BCUT2D eigenvalue weighted by Gasteiger charge is -2.49. The highest BCUT2D eigenvalue weighted by molar-refractivity contribution is 5.76. The van der Waals surface area contributed by atoms with Gasteiger partial charge in [0.25, 0.3) is 0 Å². The van der Waals surface area contributed by atoms with Crippen molar-refractivity contribution in [2.75, 3.05) is 46.3 Å². The number of likely N-dealkylation sites (N-methyl/N-ethyl adjacent to an activating group) is 1. The molecule has 2 fully saturated rings. The Morgan fingerprint density at radius 2 is 2.14 bits per heavy atom. The van der Waals surface area contributed by atoms with E-state index in [2.05, 4.69) is 23.4 Å². The molecule has 0 aromatic rings. The van der Waals surface area contributed by atoms with Gasteiger partial charge in [-0.25, -0.2) is 0 Å². The minimum Gasteiger partial charge on any atom is -0.370 e. The number of hydrogen-bond donors (Lipinski definition) is 1. The predicted octanol–water partition coefficient (Wildman–Crippen LogP) is 0.0465. The highest BCUT2D eigenvalue weighted by Gasteiger charge is 2.41. The number of rotatable bonds is 5. The van der Waals surface area contributed by atoms with Crippen LogP contribution >= 0.6 is 0 Å². The summed E-state index contributed by atoms with van der Waals surface area (Å²) in [5.41, 5.74) is 5.29. The third-order valence-electron chi connectivity index (χ3n) is 5.11. The summed E-state index contributed by atoms with van der Waals surface area (Å²) in [7, 11) is 2.15. The Hall–Kier alpha value is -1.40. The normalized spacial score (nSPS) is 27.9. The van der Waals surface area contributed by atoms with Gasteiger partial charge in [-0.3, -0.25) is 19.4 Å². The van der Waals surface area contributed by atoms with Crippen LogP contribution in [0.25, 0.3) is 0 Å². The topological polar surface area (TPSA) is 69.9 Å². The van der Waals surface area contributed by atoms with E-state index < -0.39 is 0 Å². The highest BCUT2D eigenvalue weighted by atomic mass is 16.2. The monoisotopic (exact) mass is 308 g/mol. The van der Waals surface area contributed by atoms with Gasteiger partial charge in [-0.1, -0.05) is 6.08 Å². The first-order chi connectivity index (χ1) is 10.5. The van der Waals surface area contributed by atoms with E-state index in [1.807, 2.05) is 4.90 Å². The van der Waals surface area contributed by atoms with E-state index >= 15 is 0 Å². The second-order valence-corrected chi connectivity index (χ2v) is 6.52. The molecule has 0 radical (unpaired) electrons. The van der Waals surface area contributed by atoms with Crippen molar-refractivity contribution in [1.29, 1.82) is 0 Å². The average Bonchev–Trinajstić information content (AvgIpc) is 2.63. The van der Waals surface area contributed by atoms with E-state index in [9.17, 15) is 9.59 Å². The molecule has 0 aromatic heterocycles. The Kier molecular flexibility index (Phi) is 5.58. The predicted molar refractivity (Wildman–Crippen MR) is 86.2 cm³/mol. The van der Waals surface area contributed by atoms with Crippen molar-refractivity contribution in [3.05, 3.63) is 12.7 Å². The van der Waals surface area contributed by atoms with Gasteiger partial charge in [0.15, 0.2) is 0 Å². The summed E-state index contributed by atoms with van der Waals surface area (Å²) < 4.78 is 0. The summed E-state index contributed by atoms with van der Waals surface area (Å²) in [4.78, 5) is 29.8. The smallest absolute Gasteiger partial charge is 0.222 e. The van der Waals surface area contributed by atoms with Crippen LogP contribution in [0.5, 0.6) is 0 Å². The van der Waals surface area contributed by atoms with Crippen LogP contribution in [0.2, 0.25) is 0 Å². The van der Waals surface area contributed by atoms with Crippen LogP contribution in [-0.4, -0.2) is 78.4 Å². The molecule has 2 rings (SSSR count). The number of carbonyl (C=O) groups excluding carboxylic acids is 2. The lowest BCUT2D eigenvalue weighted by molar-refractivity contribution is -0.130. The maximum Gasteiger partial charge on any atom is 0.222 e. The summed E-state index contributed by atoms with van der Waals surface area (Å²) in [6.07, 6.45) is 4.63. The molecule has 6 heteroatoms. The minimum atomic E-state index is -0.249. The fourth-order valence-electron chi connectivity index (χ4n) is 3.58. The van der Waals surface area contributed by atoms with Crippen LogP contribution in [0.1, 0.15) is 25.7 Å². The molecule has 0 saturated carbocycles. The van der Waals surface area contributed by atoms with Gasteiger partial charge in [0, 0.05) is 57.6 Å². The molecule has 0 aromatic carbocycles. The molecule has 124 valence electrons. The Morgan fingerprint density at radius 1 is 1.36 bits per heavy atom. The molecule has 2 amide bonds. The summed E-state index contributed by atoms with van der Waals surface area (Å²) in [5, 5.41) is 0. The van der Waals surface area contributed by atoms with Crippen molar-refractivity contribution in [3.63, 3.8) is 0 Å². The molecule has 2 aliphatic rings. The van der Waals surface area contributed by atoms with E-state index in [0.717, 1.165) is 45.6 Å². The number of amides is 2. The van der Waals surface area contributed by atoms with Crippen molar-refractivity contribution >= 4 is 11.8 Å². The molecule has 6 nitrogen and oxygen atoms in total. The Bertz CT molecular complexity index is 440. The van der Waals surface area contributed by atoms with Gasteiger partial charge in [0.1, 0.15) is 0 Å². The number of nitrogens with zero attached hydrogens (tertiary/aromatic N) is 3. The maximum atomic E-state index is 12.2. The molecule has 2 heterocycles. The lowest BCUT2D eigenvalue weighted by atomic mass is 9.86. The number of hydrogen-bond acceptors (Lipinski definition) is 4. The van der Waals surface area contributed by atoms with E-state index in [-0.39, 0.29) is 17.4 Å². The van der Waals surface area contributed by atoms with Crippen LogP contribution in [-0.2, 0) is 9.59 Å². The van der Waals surface area contributed by atoms with E-state index in [1.165, 1.54) is 0 Å². The Labute approximate surface area is 132 Å². The second kappa shape index (κ2) is 7.24. The van der Waals surface area contributed by atoms with Gasteiger partial charge in [-0.15, -0.1) is 6.58 Å². The number of primary amides is 1. The number of likely N-dealkylation sites (tertiary alicyclic amines) is 1. The molecule has 0 unspecified atom stereocenters. The first kappa shape index (κ1) is 17.0. The van der Waals surface area contributed by atoms with E-state index in [1.54, 1.807) is 6.08 Å². The Balaban J connectivity index is 2.04. The van der Waals surface area contributed by atoms with Gasteiger partial charge in [-0.05, 0) is 19.9 Å². The fourth-order valence-corrected chi connectivity index (χ4v) is 3.58. The first-order valence-electron chi connectivity index (χ1n) is 8.07. The molecule has 2 saturated heterocycles. The molecule has 1 spiro atoms. The van der Waals surface area contributed by atoms with Crippen molar-refractivity contribution in [2.45, 2.75) is 31.2 Å². The largest absolute Gasteiger partial charge is 0.370 e. The zero-order chi connectivity index (χ0) is 16.2. The summed E-state index contributed by atoms with van der Waals surface area (Å²) in [5.74, 6) is -0.0272. The molecular formula is C16H28N4O2. The van der Waals surface area contributed by atoms with Gasteiger partial charge < -0.3 is 10.6 Å². The first-order valence-corrected chi connectivity index (χ1v) is 8.07. The second-order valence-electron chi connectivity index (χ2n) is 6.52. The zero-order valence-electron chi connectivity index (χ0n) is 13.6. The molecular weight excluding hydrogens is 280 g/mol. The average molecular weight is 308 g/mol. The van der Waals surface area contributed by atoms with E-state index in [0.29, 0.717) is 19.4 Å². The standard InChI is InChI=1S/C16H28N4O2/c1-3-8-20-10-7-16(6-4-15(20)22)13-19(9-5-14(17)21)12-11-18(16)2/h3H,1,4-13H2,2H3,(H2,17,21)/t16-/m1/s1.